The zero-order valence-corrected chi connectivity index (χ0v) is 13.8. The summed E-state index contributed by atoms with van der Waals surface area (Å²) in [7, 11) is 1.60. The van der Waals surface area contributed by atoms with Crippen molar-refractivity contribution in [2.24, 2.45) is 0 Å². The van der Waals surface area contributed by atoms with Crippen LogP contribution >= 0.6 is 11.6 Å². The molecule has 5 nitrogen and oxygen atoms in total. The molecule has 1 saturated heterocycles. The summed E-state index contributed by atoms with van der Waals surface area (Å²) < 4.78 is 10.8. The number of anilines is 1. The van der Waals surface area contributed by atoms with Gasteiger partial charge in [0.25, 0.3) is 0 Å². The van der Waals surface area contributed by atoms with E-state index in [1.54, 1.807) is 13.2 Å². The molecule has 0 bridgehead atoms. The van der Waals surface area contributed by atoms with Crippen LogP contribution < -0.4 is 15.4 Å². The normalized spacial score (nSPS) is 17.3. The zero-order chi connectivity index (χ0) is 15.9. The van der Waals surface area contributed by atoms with Crippen LogP contribution in [0.5, 0.6) is 5.75 Å². The number of rotatable bonds is 7. The van der Waals surface area contributed by atoms with Gasteiger partial charge in [-0.1, -0.05) is 11.6 Å². The molecule has 6 heteroatoms. The van der Waals surface area contributed by atoms with Crippen LogP contribution in [-0.4, -0.2) is 38.8 Å². The minimum absolute atomic E-state index is 0.0210. The van der Waals surface area contributed by atoms with E-state index in [0.29, 0.717) is 30.3 Å². The highest BCUT2D eigenvalue weighted by Gasteiger charge is 2.16. The topological polar surface area (TPSA) is 59.6 Å². The molecule has 1 aromatic rings. The molecule has 0 saturated carbocycles. The lowest BCUT2D eigenvalue weighted by Gasteiger charge is -2.14. The fraction of sp³-hybridized carbons (Fsp3) is 0.562. The molecule has 0 aliphatic carbocycles. The summed E-state index contributed by atoms with van der Waals surface area (Å²) in [5, 5.41) is 6.78. The number of benzene rings is 1. The van der Waals surface area contributed by atoms with Crippen LogP contribution in [0, 0.1) is 6.92 Å². The maximum atomic E-state index is 11.8. The molecular weight excluding hydrogens is 304 g/mol. The van der Waals surface area contributed by atoms with Gasteiger partial charge in [-0.05, 0) is 31.4 Å². The van der Waals surface area contributed by atoms with Crippen molar-refractivity contribution >= 4 is 23.2 Å². The summed E-state index contributed by atoms with van der Waals surface area (Å²) in [4.78, 5) is 11.8. The average Bonchev–Trinajstić information content (AvgIpc) is 3.02. The van der Waals surface area contributed by atoms with Crippen LogP contribution in [0.2, 0.25) is 5.02 Å². The van der Waals surface area contributed by atoms with Crippen molar-refractivity contribution in [3.63, 3.8) is 0 Å². The quantitative estimate of drug-likeness (QED) is 0.809. The first kappa shape index (κ1) is 16.9. The van der Waals surface area contributed by atoms with E-state index in [9.17, 15) is 4.79 Å². The van der Waals surface area contributed by atoms with Crippen molar-refractivity contribution in [3.8, 4) is 5.75 Å². The van der Waals surface area contributed by atoms with Crippen molar-refractivity contribution in [1.82, 2.24) is 5.32 Å². The van der Waals surface area contributed by atoms with Gasteiger partial charge in [-0.2, -0.15) is 0 Å². The van der Waals surface area contributed by atoms with Gasteiger partial charge in [-0.3, -0.25) is 4.79 Å². The van der Waals surface area contributed by atoms with Crippen LogP contribution in [0.3, 0.4) is 0 Å². The third-order valence-corrected chi connectivity index (χ3v) is 4.11. The predicted octanol–water partition coefficient (Wildman–Crippen LogP) is 2.75. The van der Waals surface area contributed by atoms with Gasteiger partial charge in [0.05, 0.1) is 18.9 Å². The molecule has 1 aliphatic rings. The smallest absolute Gasteiger partial charge is 0.221 e. The Balaban J connectivity index is 1.75. The lowest BCUT2D eigenvalue weighted by atomic mass is 10.2. The Morgan fingerprint density at radius 1 is 1.50 bits per heavy atom. The first-order valence-electron chi connectivity index (χ1n) is 7.56. The number of hydrogen-bond donors (Lipinski definition) is 2. The summed E-state index contributed by atoms with van der Waals surface area (Å²) in [6, 6.07) is 3.70. The molecule has 22 heavy (non-hydrogen) atoms. The number of nitrogens with one attached hydrogen (secondary N) is 2. The third-order valence-electron chi connectivity index (χ3n) is 3.70. The first-order chi connectivity index (χ1) is 10.6. The standard InChI is InChI=1S/C16H23ClN2O3/c1-11-8-14(15(21-2)9-13(11)17)18-6-5-16(20)19-10-12-4-3-7-22-12/h8-9,12,18H,3-7,10H2,1-2H3,(H,19,20). The minimum atomic E-state index is 0.0210. The third kappa shape index (κ3) is 4.78. The first-order valence-corrected chi connectivity index (χ1v) is 7.94. The highest BCUT2D eigenvalue weighted by atomic mass is 35.5. The molecule has 1 aromatic carbocycles. The van der Waals surface area contributed by atoms with Crippen LogP contribution in [0.15, 0.2) is 12.1 Å². The Morgan fingerprint density at radius 2 is 2.32 bits per heavy atom. The number of ether oxygens (including phenoxy) is 2. The van der Waals surface area contributed by atoms with Gasteiger partial charge in [-0.25, -0.2) is 0 Å². The van der Waals surface area contributed by atoms with Crippen molar-refractivity contribution in [3.05, 3.63) is 22.7 Å². The van der Waals surface area contributed by atoms with Crippen LogP contribution in [0.4, 0.5) is 5.69 Å². The van der Waals surface area contributed by atoms with E-state index in [-0.39, 0.29) is 12.0 Å². The Labute approximate surface area is 136 Å². The maximum Gasteiger partial charge on any atom is 0.221 e. The molecule has 122 valence electrons. The number of hydrogen-bond acceptors (Lipinski definition) is 4. The van der Waals surface area contributed by atoms with Crippen molar-refractivity contribution in [2.75, 3.05) is 32.1 Å². The Morgan fingerprint density at radius 3 is 3.00 bits per heavy atom. The summed E-state index contributed by atoms with van der Waals surface area (Å²) >= 11 is 6.07. The molecule has 0 radical (unpaired) electrons. The number of halogens is 1. The largest absolute Gasteiger partial charge is 0.495 e. The van der Waals surface area contributed by atoms with E-state index in [2.05, 4.69) is 10.6 Å². The lowest BCUT2D eigenvalue weighted by molar-refractivity contribution is -0.121. The second-order valence-corrected chi connectivity index (χ2v) is 5.82. The monoisotopic (exact) mass is 326 g/mol. The summed E-state index contributed by atoms with van der Waals surface area (Å²) in [6.45, 7) is 3.87. The number of carbonyl (C=O) groups is 1. The number of aryl methyl sites for hydroxylation is 1. The second kappa shape index (κ2) is 8.25. The zero-order valence-electron chi connectivity index (χ0n) is 13.1. The van der Waals surface area contributed by atoms with Gasteiger partial charge in [0, 0.05) is 37.2 Å². The Kier molecular flexibility index (Phi) is 6.34. The number of methoxy groups -OCH3 is 1. The van der Waals surface area contributed by atoms with Gasteiger partial charge in [0.2, 0.25) is 5.91 Å². The average molecular weight is 327 g/mol. The van der Waals surface area contributed by atoms with E-state index in [4.69, 9.17) is 21.1 Å². The molecule has 1 atom stereocenters. The van der Waals surface area contributed by atoms with E-state index in [1.165, 1.54) is 0 Å². The predicted molar refractivity (Wildman–Crippen MR) is 87.8 cm³/mol. The Hall–Kier alpha value is -1.46. The second-order valence-electron chi connectivity index (χ2n) is 5.42. The van der Waals surface area contributed by atoms with Crippen LogP contribution in [-0.2, 0) is 9.53 Å². The molecular formula is C16H23ClN2O3. The fourth-order valence-electron chi connectivity index (χ4n) is 2.40. The number of carbonyl (C=O) groups excluding carboxylic acids is 1. The molecule has 2 rings (SSSR count). The molecule has 2 N–H and O–H groups in total. The van der Waals surface area contributed by atoms with E-state index >= 15 is 0 Å². The molecule has 0 spiro atoms. The van der Waals surface area contributed by atoms with Gasteiger partial charge in [-0.15, -0.1) is 0 Å². The summed E-state index contributed by atoms with van der Waals surface area (Å²) in [5.41, 5.74) is 1.81. The molecule has 0 aromatic heterocycles. The van der Waals surface area contributed by atoms with Gasteiger partial charge in [0.1, 0.15) is 5.75 Å². The van der Waals surface area contributed by atoms with E-state index in [0.717, 1.165) is 30.7 Å². The van der Waals surface area contributed by atoms with Gasteiger partial charge in [0.15, 0.2) is 0 Å². The van der Waals surface area contributed by atoms with Crippen LogP contribution in [0.25, 0.3) is 0 Å². The highest BCUT2D eigenvalue weighted by Crippen LogP contribution is 2.30. The van der Waals surface area contributed by atoms with Crippen molar-refractivity contribution in [2.45, 2.75) is 32.3 Å². The van der Waals surface area contributed by atoms with Gasteiger partial charge < -0.3 is 20.1 Å². The summed E-state index contributed by atoms with van der Waals surface area (Å²) in [5.74, 6) is 0.697. The Bertz CT molecular complexity index is 516. The number of amides is 1. The lowest BCUT2D eigenvalue weighted by Crippen LogP contribution is -2.32. The molecule has 1 aliphatic heterocycles. The summed E-state index contributed by atoms with van der Waals surface area (Å²) in [6.07, 6.45) is 2.69. The maximum absolute atomic E-state index is 11.8. The molecule has 1 heterocycles. The molecule has 1 fully saturated rings. The van der Waals surface area contributed by atoms with Crippen molar-refractivity contribution < 1.29 is 14.3 Å². The minimum Gasteiger partial charge on any atom is -0.495 e. The van der Waals surface area contributed by atoms with Crippen molar-refractivity contribution in [1.29, 1.82) is 0 Å². The molecule has 1 amide bonds. The van der Waals surface area contributed by atoms with E-state index in [1.807, 2.05) is 13.0 Å². The fourth-order valence-corrected chi connectivity index (χ4v) is 2.56. The highest BCUT2D eigenvalue weighted by molar-refractivity contribution is 6.31. The SMILES string of the molecule is COc1cc(Cl)c(C)cc1NCCC(=O)NCC1CCCO1. The molecule has 1 unspecified atom stereocenters. The van der Waals surface area contributed by atoms with Crippen LogP contribution in [0.1, 0.15) is 24.8 Å². The van der Waals surface area contributed by atoms with E-state index < -0.39 is 0 Å². The van der Waals surface area contributed by atoms with Gasteiger partial charge >= 0.3 is 0 Å².